The van der Waals surface area contributed by atoms with E-state index in [9.17, 15) is 0 Å². The highest BCUT2D eigenvalue weighted by atomic mass is 16.5. The Morgan fingerprint density at radius 3 is 2.85 bits per heavy atom. The zero-order valence-corrected chi connectivity index (χ0v) is 7.79. The molecule has 0 aliphatic heterocycles. The Labute approximate surface area is 78.1 Å². The normalized spacial score (nSPS) is 10.0. The van der Waals surface area contributed by atoms with Crippen molar-refractivity contribution in [2.45, 2.75) is 13.3 Å². The van der Waals surface area contributed by atoms with Crippen LogP contribution in [0.5, 0.6) is 5.75 Å². The second-order valence-electron chi connectivity index (χ2n) is 2.79. The van der Waals surface area contributed by atoms with Crippen LogP contribution in [0.25, 0.3) is 0 Å². The van der Waals surface area contributed by atoms with Gasteiger partial charge in [0.25, 0.3) is 0 Å². The third-order valence-corrected chi connectivity index (χ3v) is 1.86. The summed E-state index contributed by atoms with van der Waals surface area (Å²) in [5.74, 6) is 0.764. The van der Waals surface area contributed by atoms with E-state index in [4.69, 9.17) is 15.6 Å². The fraction of sp³-hybridized carbons (Fsp3) is 0.400. The quantitative estimate of drug-likeness (QED) is 0.686. The van der Waals surface area contributed by atoms with Gasteiger partial charge in [-0.2, -0.15) is 0 Å². The van der Waals surface area contributed by atoms with Crippen molar-refractivity contribution < 1.29 is 9.84 Å². The van der Waals surface area contributed by atoms with Crippen LogP contribution in [-0.4, -0.2) is 18.3 Å². The molecule has 0 saturated heterocycles. The number of rotatable bonds is 4. The first-order valence-electron chi connectivity index (χ1n) is 4.40. The molecule has 0 spiro atoms. The van der Waals surface area contributed by atoms with E-state index in [1.807, 2.05) is 25.1 Å². The number of aliphatic hydroxyl groups is 1. The Bertz CT molecular complexity index is 274. The van der Waals surface area contributed by atoms with Crippen LogP contribution in [0.15, 0.2) is 18.2 Å². The number of nitrogens with two attached hydrogens (primary N) is 1. The number of hydrogen-bond donors (Lipinski definition) is 2. The maximum absolute atomic E-state index is 8.56. The van der Waals surface area contributed by atoms with Crippen molar-refractivity contribution in [3.8, 4) is 5.75 Å². The van der Waals surface area contributed by atoms with Crippen molar-refractivity contribution in [3.05, 3.63) is 23.8 Å². The first-order valence-corrected chi connectivity index (χ1v) is 4.40. The molecule has 1 rings (SSSR count). The Balaban J connectivity index is 2.74. The van der Waals surface area contributed by atoms with Crippen LogP contribution in [-0.2, 0) is 6.42 Å². The number of anilines is 1. The van der Waals surface area contributed by atoms with Crippen LogP contribution in [0.4, 0.5) is 5.69 Å². The molecule has 72 valence electrons. The van der Waals surface area contributed by atoms with E-state index < -0.39 is 0 Å². The molecule has 0 fully saturated rings. The molecule has 0 aliphatic rings. The van der Waals surface area contributed by atoms with E-state index in [0.29, 0.717) is 6.61 Å². The number of ether oxygens (including phenoxy) is 1. The Morgan fingerprint density at radius 2 is 2.23 bits per heavy atom. The molecule has 0 bridgehead atoms. The Kier molecular flexibility index (Phi) is 3.58. The van der Waals surface area contributed by atoms with Gasteiger partial charge in [0.1, 0.15) is 12.4 Å². The molecule has 3 N–H and O–H groups in total. The van der Waals surface area contributed by atoms with Crippen molar-refractivity contribution in [2.24, 2.45) is 0 Å². The van der Waals surface area contributed by atoms with E-state index in [1.54, 1.807) is 0 Å². The summed E-state index contributed by atoms with van der Waals surface area (Å²) in [7, 11) is 0. The highest BCUT2D eigenvalue weighted by molar-refractivity contribution is 5.50. The summed E-state index contributed by atoms with van der Waals surface area (Å²) in [6, 6.07) is 5.54. The maximum atomic E-state index is 8.56. The third-order valence-electron chi connectivity index (χ3n) is 1.86. The van der Waals surface area contributed by atoms with E-state index in [1.165, 1.54) is 0 Å². The molecule has 3 heteroatoms. The fourth-order valence-electron chi connectivity index (χ4n) is 1.14. The SMILES string of the molecule is CCc1cc(OCCO)ccc1N. The lowest BCUT2D eigenvalue weighted by Gasteiger charge is -2.07. The summed E-state index contributed by atoms with van der Waals surface area (Å²) >= 11 is 0. The molecule has 0 saturated carbocycles. The highest BCUT2D eigenvalue weighted by Gasteiger charge is 1.99. The minimum atomic E-state index is 0.0336. The molecule has 0 radical (unpaired) electrons. The molecule has 0 aliphatic carbocycles. The van der Waals surface area contributed by atoms with Gasteiger partial charge >= 0.3 is 0 Å². The predicted molar refractivity (Wildman–Crippen MR) is 52.8 cm³/mol. The zero-order chi connectivity index (χ0) is 9.68. The summed E-state index contributed by atoms with van der Waals surface area (Å²) in [5.41, 5.74) is 7.59. The maximum Gasteiger partial charge on any atom is 0.119 e. The van der Waals surface area contributed by atoms with Crippen molar-refractivity contribution in [2.75, 3.05) is 18.9 Å². The number of hydrogen-bond acceptors (Lipinski definition) is 3. The fourth-order valence-corrected chi connectivity index (χ4v) is 1.14. The first-order chi connectivity index (χ1) is 6.27. The van der Waals surface area contributed by atoms with Gasteiger partial charge in [0.2, 0.25) is 0 Å². The van der Waals surface area contributed by atoms with Gasteiger partial charge in [-0.1, -0.05) is 6.92 Å². The molecule has 13 heavy (non-hydrogen) atoms. The van der Waals surface area contributed by atoms with Gasteiger partial charge in [0.15, 0.2) is 0 Å². The van der Waals surface area contributed by atoms with Gasteiger partial charge in [0.05, 0.1) is 6.61 Å². The van der Waals surface area contributed by atoms with E-state index >= 15 is 0 Å². The number of nitrogen functional groups attached to an aromatic ring is 1. The molecule has 0 amide bonds. The summed E-state index contributed by atoms with van der Waals surface area (Å²) in [4.78, 5) is 0. The van der Waals surface area contributed by atoms with Crippen LogP contribution in [0.2, 0.25) is 0 Å². The second kappa shape index (κ2) is 4.72. The van der Waals surface area contributed by atoms with Gasteiger partial charge in [-0.05, 0) is 30.2 Å². The van der Waals surface area contributed by atoms with Crippen LogP contribution < -0.4 is 10.5 Å². The number of aliphatic hydroxyl groups excluding tert-OH is 1. The lowest BCUT2D eigenvalue weighted by molar-refractivity contribution is 0.201. The van der Waals surface area contributed by atoms with E-state index in [0.717, 1.165) is 23.4 Å². The topological polar surface area (TPSA) is 55.5 Å². The first kappa shape index (κ1) is 9.86. The molecule has 0 aromatic heterocycles. The van der Waals surface area contributed by atoms with Gasteiger partial charge in [-0.25, -0.2) is 0 Å². The minimum Gasteiger partial charge on any atom is -0.491 e. The summed E-state index contributed by atoms with van der Waals surface area (Å²) < 4.78 is 5.25. The summed E-state index contributed by atoms with van der Waals surface area (Å²) in [6.07, 6.45) is 0.891. The van der Waals surface area contributed by atoms with Crippen LogP contribution >= 0.6 is 0 Å². The van der Waals surface area contributed by atoms with E-state index in [2.05, 4.69) is 0 Å². The van der Waals surface area contributed by atoms with Gasteiger partial charge in [-0.15, -0.1) is 0 Å². The lowest BCUT2D eigenvalue weighted by atomic mass is 10.1. The van der Waals surface area contributed by atoms with Crippen molar-refractivity contribution in [3.63, 3.8) is 0 Å². The van der Waals surface area contributed by atoms with Gasteiger partial charge < -0.3 is 15.6 Å². The predicted octanol–water partition coefficient (Wildman–Crippen LogP) is 1.20. The number of aryl methyl sites for hydroxylation is 1. The molecule has 3 nitrogen and oxygen atoms in total. The molecular weight excluding hydrogens is 166 g/mol. The molecule has 1 aromatic carbocycles. The third kappa shape index (κ3) is 2.63. The van der Waals surface area contributed by atoms with Crippen molar-refractivity contribution >= 4 is 5.69 Å². The van der Waals surface area contributed by atoms with Gasteiger partial charge in [0, 0.05) is 5.69 Å². The van der Waals surface area contributed by atoms with Crippen molar-refractivity contribution in [1.82, 2.24) is 0 Å². The molecule has 0 heterocycles. The lowest BCUT2D eigenvalue weighted by Crippen LogP contribution is -2.02. The Morgan fingerprint density at radius 1 is 1.46 bits per heavy atom. The largest absolute Gasteiger partial charge is 0.491 e. The van der Waals surface area contributed by atoms with Crippen LogP contribution in [0, 0.1) is 0 Å². The standard InChI is InChI=1S/C10H15NO2/c1-2-8-7-9(13-6-5-12)3-4-10(8)11/h3-4,7,12H,2,5-6,11H2,1H3. The molecular formula is C10H15NO2. The second-order valence-corrected chi connectivity index (χ2v) is 2.79. The van der Waals surface area contributed by atoms with Crippen LogP contribution in [0.3, 0.4) is 0 Å². The minimum absolute atomic E-state index is 0.0336. The highest BCUT2D eigenvalue weighted by Crippen LogP contribution is 2.19. The monoisotopic (exact) mass is 181 g/mol. The average Bonchev–Trinajstić information content (AvgIpc) is 2.16. The van der Waals surface area contributed by atoms with Gasteiger partial charge in [-0.3, -0.25) is 0 Å². The molecule has 0 unspecified atom stereocenters. The van der Waals surface area contributed by atoms with E-state index in [-0.39, 0.29) is 6.61 Å². The Hall–Kier alpha value is -1.22. The van der Waals surface area contributed by atoms with Crippen molar-refractivity contribution in [1.29, 1.82) is 0 Å². The average molecular weight is 181 g/mol. The molecule has 1 aromatic rings. The van der Waals surface area contributed by atoms with Crippen LogP contribution in [0.1, 0.15) is 12.5 Å². The molecule has 0 atom stereocenters. The zero-order valence-electron chi connectivity index (χ0n) is 7.79. The smallest absolute Gasteiger partial charge is 0.119 e. The summed E-state index contributed by atoms with van der Waals surface area (Å²) in [5, 5.41) is 8.56. The number of benzene rings is 1. The summed E-state index contributed by atoms with van der Waals surface area (Å²) in [6.45, 7) is 2.40.